The highest BCUT2D eigenvalue weighted by molar-refractivity contribution is 6.34. The number of aromatic nitrogens is 4. The molecule has 0 aliphatic heterocycles. The molecule has 9 heteroatoms. The zero-order valence-electron chi connectivity index (χ0n) is 16.0. The number of nitrogens with one attached hydrogen (secondary N) is 1. The number of amides is 1. The Balaban J connectivity index is 1.65. The van der Waals surface area contributed by atoms with Gasteiger partial charge >= 0.3 is 5.97 Å². The lowest BCUT2D eigenvalue weighted by Crippen LogP contribution is -2.28. The summed E-state index contributed by atoms with van der Waals surface area (Å²) in [5, 5.41) is 14.1. The van der Waals surface area contributed by atoms with Crippen molar-refractivity contribution in [2.24, 2.45) is 0 Å². The van der Waals surface area contributed by atoms with Crippen LogP contribution in [-0.4, -0.2) is 38.7 Å². The molecule has 29 heavy (non-hydrogen) atoms. The molecule has 0 aliphatic carbocycles. The van der Waals surface area contributed by atoms with Gasteiger partial charge in [0.25, 0.3) is 5.91 Å². The normalized spacial score (nSPS) is 11.7. The summed E-state index contributed by atoms with van der Waals surface area (Å²) in [6.07, 6.45) is 1.67. The SMILES string of the molecule is Cc1cc(C)c(NC(=O)COC(=O)[C@@H](Cc2ccccc2)n2cnnn2)c(Cl)c1. The van der Waals surface area contributed by atoms with Gasteiger partial charge in [-0.05, 0) is 47.0 Å². The van der Waals surface area contributed by atoms with Gasteiger partial charge in [0.15, 0.2) is 12.6 Å². The Morgan fingerprint density at radius 3 is 2.62 bits per heavy atom. The number of rotatable bonds is 7. The van der Waals surface area contributed by atoms with Crippen molar-refractivity contribution in [3.63, 3.8) is 0 Å². The fourth-order valence-electron chi connectivity index (χ4n) is 2.92. The maximum Gasteiger partial charge on any atom is 0.331 e. The van der Waals surface area contributed by atoms with E-state index in [1.807, 2.05) is 50.2 Å². The van der Waals surface area contributed by atoms with E-state index in [9.17, 15) is 9.59 Å². The largest absolute Gasteiger partial charge is 0.454 e. The summed E-state index contributed by atoms with van der Waals surface area (Å²) in [6, 6.07) is 12.3. The standard InChI is InChI=1S/C20H20ClN5O3/c1-13-8-14(2)19(16(21)9-13)23-18(27)11-29-20(28)17(26-12-22-24-25-26)10-15-6-4-3-5-7-15/h3-9,12,17H,10-11H2,1-2H3,(H,23,27)/t17-/m1/s1. The fourth-order valence-corrected chi connectivity index (χ4v) is 3.28. The van der Waals surface area contributed by atoms with E-state index in [-0.39, 0.29) is 0 Å². The number of carbonyl (C=O) groups is 2. The van der Waals surface area contributed by atoms with E-state index in [2.05, 4.69) is 20.8 Å². The molecule has 150 valence electrons. The van der Waals surface area contributed by atoms with Crippen LogP contribution in [0, 0.1) is 13.8 Å². The predicted octanol–water partition coefficient (Wildman–Crippen LogP) is 2.91. The van der Waals surface area contributed by atoms with Gasteiger partial charge in [-0.25, -0.2) is 9.48 Å². The molecule has 0 aliphatic rings. The van der Waals surface area contributed by atoms with Crippen molar-refractivity contribution in [3.8, 4) is 0 Å². The van der Waals surface area contributed by atoms with E-state index in [0.29, 0.717) is 17.1 Å². The van der Waals surface area contributed by atoms with E-state index < -0.39 is 24.5 Å². The van der Waals surface area contributed by atoms with Gasteiger partial charge in [-0.2, -0.15) is 0 Å². The number of ether oxygens (including phenoxy) is 1. The second-order valence-corrected chi connectivity index (χ2v) is 7.00. The molecule has 3 rings (SSSR count). The van der Waals surface area contributed by atoms with Crippen LogP contribution in [0.5, 0.6) is 0 Å². The highest BCUT2D eigenvalue weighted by atomic mass is 35.5. The molecular weight excluding hydrogens is 394 g/mol. The zero-order chi connectivity index (χ0) is 20.8. The second kappa shape index (κ2) is 9.29. The molecule has 1 amide bonds. The van der Waals surface area contributed by atoms with E-state index in [1.165, 1.54) is 11.0 Å². The van der Waals surface area contributed by atoms with Crippen LogP contribution in [0.25, 0.3) is 0 Å². The third-order valence-corrected chi connectivity index (χ3v) is 4.57. The molecule has 0 saturated carbocycles. The third kappa shape index (κ3) is 5.39. The van der Waals surface area contributed by atoms with Crippen LogP contribution in [-0.2, 0) is 20.7 Å². The smallest absolute Gasteiger partial charge is 0.331 e. The fraction of sp³-hybridized carbons (Fsp3) is 0.250. The molecule has 0 radical (unpaired) electrons. The number of nitrogens with zero attached hydrogens (tertiary/aromatic N) is 4. The summed E-state index contributed by atoms with van der Waals surface area (Å²) in [5.74, 6) is -1.09. The van der Waals surface area contributed by atoms with Gasteiger partial charge < -0.3 is 10.1 Å². The molecule has 0 unspecified atom stereocenters. The lowest BCUT2D eigenvalue weighted by atomic mass is 10.1. The number of carbonyl (C=O) groups excluding carboxylic acids is 2. The lowest BCUT2D eigenvalue weighted by Gasteiger charge is -2.16. The Labute approximate surface area is 172 Å². The first kappa shape index (κ1) is 20.5. The minimum absolute atomic E-state index is 0.329. The third-order valence-electron chi connectivity index (χ3n) is 4.27. The Morgan fingerprint density at radius 2 is 1.97 bits per heavy atom. The van der Waals surface area contributed by atoms with Crippen molar-refractivity contribution in [1.29, 1.82) is 0 Å². The molecule has 0 saturated heterocycles. The van der Waals surface area contributed by atoms with Gasteiger partial charge in [-0.15, -0.1) is 5.10 Å². The van der Waals surface area contributed by atoms with Crippen molar-refractivity contribution in [2.45, 2.75) is 26.3 Å². The van der Waals surface area contributed by atoms with Crippen molar-refractivity contribution in [2.75, 3.05) is 11.9 Å². The topological polar surface area (TPSA) is 99.0 Å². The van der Waals surface area contributed by atoms with E-state index in [0.717, 1.165) is 16.7 Å². The first-order valence-corrected chi connectivity index (χ1v) is 9.31. The first-order valence-electron chi connectivity index (χ1n) is 8.93. The number of benzene rings is 2. The summed E-state index contributed by atoms with van der Waals surface area (Å²) in [6.45, 7) is 3.31. The van der Waals surface area contributed by atoms with Crippen LogP contribution in [0.3, 0.4) is 0 Å². The van der Waals surface area contributed by atoms with Crippen molar-refractivity contribution in [1.82, 2.24) is 20.2 Å². The minimum Gasteiger partial charge on any atom is -0.454 e. The quantitative estimate of drug-likeness (QED) is 0.598. The average molecular weight is 414 g/mol. The maximum absolute atomic E-state index is 12.6. The minimum atomic E-state index is -0.787. The number of hydrogen-bond donors (Lipinski definition) is 1. The van der Waals surface area contributed by atoms with Gasteiger partial charge in [0.2, 0.25) is 0 Å². The summed E-state index contributed by atoms with van der Waals surface area (Å²) in [7, 11) is 0. The number of anilines is 1. The van der Waals surface area contributed by atoms with Gasteiger partial charge in [-0.1, -0.05) is 48.0 Å². The van der Waals surface area contributed by atoms with Gasteiger partial charge in [0.05, 0.1) is 10.7 Å². The Kier molecular flexibility index (Phi) is 6.56. The molecule has 1 aromatic heterocycles. The maximum atomic E-state index is 12.6. The summed E-state index contributed by atoms with van der Waals surface area (Å²) >= 11 is 6.20. The van der Waals surface area contributed by atoms with Gasteiger partial charge in [-0.3, -0.25) is 4.79 Å². The highest BCUT2D eigenvalue weighted by Gasteiger charge is 2.25. The summed E-state index contributed by atoms with van der Waals surface area (Å²) in [4.78, 5) is 24.9. The van der Waals surface area contributed by atoms with Gasteiger partial charge in [0, 0.05) is 6.42 Å². The van der Waals surface area contributed by atoms with Crippen LogP contribution in [0.15, 0.2) is 48.8 Å². The number of hydrogen-bond acceptors (Lipinski definition) is 6. The molecule has 8 nitrogen and oxygen atoms in total. The molecule has 1 N–H and O–H groups in total. The van der Waals surface area contributed by atoms with Crippen LogP contribution in [0.4, 0.5) is 5.69 Å². The molecule has 3 aromatic rings. The molecule has 0 bridgehead atoms. The van der Waals surface area contributed by atoms with E-state index >= 15 is 0 Å². The Morgan fingerprint density at radius 1 is 1.21 bits per heavy atom. The molecule has 0 fully saturated rings. The second-order valence-electron chi connectivity index (χ2n) is 6.59. The van der Waals surface area contributed by atoms with E-state index in [4.69, 9.17) is 16.3 Å². The summed E-state index contributed by atoms with van der Waals surface area (Å²) < 4.78 is 6.54. The number of aryl methyl sites for hydroxylation is 2. The van der Waals surface area contributed by atoms with Crippen LogP contribution in [0.2, 0.25) is 5.02 Å². The zero-order valence-corrected chi connectivity index (χ0v) is 16.8. The predicted molar refractivity (Wildman–Crippen MR) is 108 cm³/mol. The average Bonchev–Trinajstić information content (AvgIpc) is 3.22. The number of halogens is 1. The molecule has 2 aromatic carbocycles. The Bertz CT molecular complexity index is 970. The van der Waals surface area contributed by atoms with Crippen molar-refractivity contribution < 1.29 is 14.3 Å². The monoisotopic (exact) mass is 413 g/mol. The summed E-state index contributed by atoms with van der Waals surface area (Å²) in [5.41, 5.74) is 3.23. The molecule has 0 spiro atoms. The highest BCUT2D eigenvalue weighted by Crippen LogP contribution is 2.27. The van der Waals surface area contributed by atoms with Gasteiger partial charge in [0.1, 0.15) is 6.33 Å². The van der Waals surface area contributed by atoms with E-state index in [1.54, 1.807) is 6.07 Å². The van der Waals surface area contributed by atoms with Crippen molar-refractivity contribution in [3.05, 3.63) is 70.5 Å². The van der Waals surface area contributed by atoms with Crippen LogP contribution >= 0.6 is 11.6 Å². The number of esters is 1. The van der Waals surface area contributed by atoms with Crippen LogP contribution in [0.1, 0.15) is 22.7 Å². The first-order chi connectivity index (χ1) is 13.9. The van der Waals surface area contributed by atoms with Crippen LogP contribution < -0.4 is 5.32 Å². The number of tetrazole rings is 1. The van der Waals surface area contributed by atoms with Crippen molar-refractivity contribution >= 4 is 29.2 Å². The molecule has 1 atom stereocenters. The molecule has 1 heterocycles. The molecular formula is C20H20ClN5O3. The Hall–Kier alpha value is -3.26. The lowest BCUT2D eigenvalue weighted by molar-refractivity contribution is -0.151.